The average molecular weight is 334 g/mol. The molecule has 0 fully saturated rings. The first-order valence-electron chi connectivity index (χ1n) is 4.89. The fourth-order valence-electron chi connectivity index (χ4n) is 0.937. The Morgan fingerprint density at radius 1 is 1.30 bits per heavy atom. The van der Waals surface area contributed by atoms with Crippen molar-refractivity contribution in [2.45, 2.75) is 10.2 Å². The predicted molar refractivity (Wildman–Crippen MR) is 62.8 cm³/mol. The van der Waals surface area contributed by atoms with Gasteiger partial charge in [0.1, 0.15) is 0 Å². The van der Waals surface area contributed by atoms with E-state index >= 15 is 0 Å². The SMILES string of the molecule is O=C(CSc1ccccc1)OCC(F)(F)S(=O)(=O)[O-].[Na+]. The number of thioether (sulfide) groups is 1. The van der Waals surface area contributed by atoms with E-state index in [-0.39, 0.29) is 35.3 Å². The van der Waals surface area contributed by atoms with Crippen molar-refractivity contribution in [2.75, 3.05) is 12.4 Å². The van der Waals surface area contributed by atoms with Crippen LogP contribution >= 0.6 is 11.8 Å². The van der Waals surface area contributed by atoms with Crippen LogP contribution in [0.15, 0.2) is 35.2 Å². The molecule has 0 aliphatic carbocycles. The summed E-state index contributed by atoms with van der Waals surface area (Å²) < 4.78 is 59.8. The van der Waals surface area contributed by atoms with Gasteiger partial charge in [0, 0.05) is 4.90 Å². The topological polar surface area (TPSA) is 83.5 Å². The minimum absolute atomic E-state index is 0. The van der Waals surface area contributed by atoms with Crippen molar-refractivity contribution in [3.8, 4) is 0 Å². The summed E-state index contributed by atoms with van der Waals surface area (Å²) in [6.07, 6.45) is 0. The molecule has 0 aromatic heterocycles. The minimum Gasteiger partial charge on any atom is -0.743 e. The van der Waals surface area contributed by atoms with Crippen LogP contribution in [0.1, 0.15) is 0 Å². The van der Waals surface area contributed by atoms with Crippen LogP contribution < -0.4 is 29.6 Å². The van der Waals surface area contributed by atoms with E-state index in [4.69, 9.17) is 0 Å². The Balaban J connectivity index is 0.00000361. The van der Waals surface area contributed by atoms with E-state index < -0.39 is 27.9 Å². The number of carbonyl (C=O) groups excluding carboxylic acids is 1. The number of hydrogen-bond donors (Lipinski definition) is 0. The van der Waals surface area contributed by atoms with Gasteiger partial charge in [-0.2, -0.15) is 8.78 Å². The van der Waals surface area contributed by atoms with Gasteiger partial charge in [0.2, 0.25) is 0 Å². The molecule has 0 heterocycles. The van der Waals surface area contributed by atoms with Gasteiger partial charge >= 0.3 is 40.8 Å². The van der Waals surface area contributed by atoms with Gasteiger partial charge in [-0.05, 0) is 12.1 Å². The molecule has 0 N–H and O–H groups in total. The molecule has 0 aliphatic heterocycles. The summed E-state index contributed by atoms with van der Waals surface area (Å²) in [6.45, 7) is -1.77. The molecule has 0 spiro atoms. The van der Waals surface area contributed by atoms with E-state index in [1.54, 1.807) is 30.3 Å². The molecule has 0 amide bonds. The molecule has 0 radical (unpaired) electrons. The largest absolute Gasteiger partial charge is 1.00 e. The molecule has 0 aliphatic rings. The van der Waals surface area contributed by atoms with Gasteiger partial charge in [0.05, 0.1) is 5.75 Å². The van der Waals surface area contributed by atoms with E-state index in [0.29, 0.717) is 0 Å². The van der Waals surface area contributed by atoms with Crippen molar-refractivity contribution < 1.29 is 60.8 Å². The first kappa shape index (κ1) is 19.8. The Bertz CT molecular complexity index is 536. The third-order valence-corrected chi connectivity index (χ3v) is 3.70. The molecule has 20 heavy (non-hydrogen) atoms. The summed E-state index contributed by atoms with van der Waals surface area (Å²) in [7, 11) is -5.83. The first-order valence-corrected chi connectivity index (χ1v) is 7.28. The van der Waals surface area contributed by atoms with Gasteiger partial charge in [-0.25, -0.2) is 8.42 Å². The van der Waals surface area contributed by atoms with Crippen LogP contribution in [0.2, 0.25) is 0 Å². The summed E-state index contributed by atoms with van der Waals surface area (Å²) in [6, 6.07) is 8.63. The van der Waals surface area contributed by atoms with E-state index in [0.717, 1.165) is 16.7 Å². The van der Waals surface area contributed by atoms with Crippen LogP contribution in [0.4, 0.5) is 8.78 Å². The number of esters is 1. The Morgan fingerprint density at radius 2 is 1.85 bits per heavy atom. The number of ether oxygens (including phenoxy) is 1. The fraction of sp³-hybridized carbons (Fsp3) is 0.300. The summed E-state index contributed by atoms with van der Waals surface area (Å²) in [5.74, 6) is -1.30. The molecule has 0 unspecified atom stereocenters. The van der Waals surface area contributed by atoms with Crippen LogP contribution in [0.5, 0.6) is 0 Å². The average Bonchev–Trinajstić information content (AvgIpc) is 2.34. The molecule has 0 atom stereocenters. The van der Waals surface area contributed by atoms with Crippen LogP contribution in [0.25, 0.3) is 0 Å². The van der Waals surface area contributed by atoms with Crippen LogP contribution in [0, 0.1) is 0 Å². The third kappa shape index (κ3) is 6.51. The number of hydrogen-bond acceptors (Lipinski definition) is 6. The van der Waals surface area contributed by atoms with Crippen LogP contribution in [0.3, 0.4) is 0 Å². The summed E-state index contributed by atoms with van der Waals surface area (Å²) in [5.41, 5.74) is 0. The van der Waals surface area contributed by atoms with Gasteiger partial charge in [-0.3, -0.25) is 4.79 Å². The zero-order chi connectivity index (χ0) is 14.5. The predicted octanol–water partition coefficient (Wildman–Crippen LogP) is -1.54. The number of benzene rings is 1. The quantitative estimate of drug-likeness (QED) is 0.271. The zero-order valence-electron chi connectivity index (χ0n) is 10.4. The maximum Gasteiger partial charge on any atom is 1.00 e. The fourth-order valence-corrected chi connectivity index (χ4v) is 1.86. The van der Waals surface area contributed by atoms with Gasteiger partial charge in [-0.15, -0.1) is 11.8 Å². The maximum atomic E-state index is 12.7. The van der Waals surface area contributed by atoms with Crippen molar-refractivity contribution in [1.82, 2.24) is 0 Å². The van der Waals surface area contributed by atoms with E-state index in [1.165, 1.54) is 0 Å². The van der Waals surface area contributed by atoms with Crippen molar-refractivity contribution >= 4 is 27.8 Å². The molecule has 1 rings (SSSR count). The van der Waals surface area contributed by atoms with Crippen LogP contribution in [-0.4, -0.2) is 36.6 Å². The Morgan fingerprint density at radius 3 is 2.35 bits per heavy atom. The summed E-state index contributed by atoms with van der Waals surface area (Å²) >= 11 is 1.04. The number of alkyl halides is 2. The standard InChI is InChI=1S/C10H10F2O5S2.Na/c11-10(12,19(14,15)16)7-17-9(13)6-18-8-4-2-1-3-5-8;/h1-5H,6-7H2,(H,14,15,16);/q;+1/p-1. The summed E-state index contributed by atoms with van der Waals surface area (Å²) in [4.78, 5) is 11.8. The normalized spacial score (nSPS) is 11.6. The Hall–Kier alpha value is -0.190. The van der Waals surface area contributed by atoms with Crippen molar-refractivity contribution in [1.29, 1.82) is 0 Å². The molecule has 5 nitrogen and oxygen atoms in total. The van der Waals surface area contributed by atoms with Gasteiger partial charge in [-0.1, -0.05) is 18.2 Å². The van der Waals surface area contributed by atoms with Crippen molar-refractivity contribution in [3.05, 3.63) is 30.3 Å². The molecular weight excluding hydrogens is 325 g/mol. The van der Waals surface area contributed by atoms with Gasteiger partial charge in [0.25, 0.3) is 0 Å². The third-order valence-electron chi connectivity index (χ3n) is 1.87. The molecule has 0 bridgehead atoms. The molecular formula is C10H9F2NaO5S2. The second kappa shape index (κ2) is 8.30. The maximum absolute atomic E-state index is 12.7. The second-order valence-corrected chi connectivity index (χ2v) is 5.91. The molecule has 0 saturated heterocycles. The summed E-state index contributed by atoms with van der Waals surface area (Å²) in [5, 5.41) is -4.61. The Labute approximate surface area is 141 Å². The molecule has 0 saturated carbocycles. The molecule has 1 aromatic rings. The van der Waals surface area contributed by atoms with E-state index in [9.17, 15) is 26.5 Å². The molecule has 106 valence electrons. The van der Waals surface area contributed by atoms with Gasteiger partial charge in [0.15, 0.2) is 16.7 Å². The van der Waals surface area contributed by atoms with Crippen molar-refractivity contribution in [3.63, 3.8) is 0 Å². The second-order valence-electron chi connectivity index (χ2n) is 3.35. The zero-order valence-corrected chi connectivity index (χ0v) is 14.0. The number of rotatable bonds is 6. The minimum atomic E-state index is -5.83. The van der Waals surface area contributed by atoms with E-state index in [2.05, 4.69) is 4.74 Å². The number of halogens is 2. The van der Waals surface area contributed by atoms with Gasteiger partial charge < -0.3 is 9.29 Å². The van der Waals surface area contributed by atoms with Crippen LogP contribution in [-0.2, 0) is 19.6 Å². The molecule has 1 aromatic carbocycles. The Kier molecular flexibility index (Phi) is 8.22. The van der Waals surface area contributed by atoms with E-state index in [1.807, 2.05) is 0 Å². The monoisotopic (exact) mass is 334 g/mol. The number of carbonyl (C=O) groups is 1. The molecule has 10 heteroatoms. The first-order chi connectivity index (χ1) is 8.72. The van der Waals surface area contributed by atoms with Crippen molar-refractivity contribution in [2.24, 2.45) is 0 Å². The smallest absolute Gasteiger partial charge is 0.743 e.